The summed E-state index contributed by atoms with van der Waals surface area (Å²) in [5.41, 5.74) is 0. The number of aromatic nitrogens is 2. The van der Waals surface area contributed by atoms with Gasteiger partial charge in [0.1, 0.15) is 6.33 Å². The minimum Gasteiger partial charge on any atom is -0.490 e. The molecule has 1 aromatic heterocycles. The third-order valence-corrected chi connectivity index (χ3v) is 4.49. The van der Waals surface area contributed by atoms with Crippen LogP contribution in [0.4, 0.5) is 11.6 Å². The Bertz CT molecular complexity index is 451. The average Bonchev–Trinajstić information content (AvgIpc) is 2.94. The van der Waals surface area contributed by atoms with Gasteiger partial charge < -0.3 is 15.0 Å². The van der Waals surface area contributed by atoms with Crippen LogP contribution in [0, 0.1) is 5.92 Å². The average molecular weight is 262 g/mol. The highest BCUT2D eigenvalue weighted by Crippen LogP contribution is 2.42. The Kier molecular flexibility index (Phi) is 3.44. The Morgan fingerprint density at radius 2 is 2.11 bits per heavy atom. The van der Waals surface area contributed by atoms with Crippen molar-refractivity contribution < 1.29 is 4.74 Å². The van der Waals surface area contributed by atoms with Gasteiger partial charge in [-0.05, 0) is 31.6 Å². The molecule has 1 N–H and O–H groups in total. The highest BCUT2D eigenvalue weighted by Gasteiger charge is 2.37. The molecule has 3 rings (SSSR count). The summed E-state index contributed by atoms with van der Waals surface area (Å²) in [6.07, 6.45) is 8.25. The summed E-state index contributed by atoms with van der Waals surface area (Å²) in [6.45, 7) is 1.08. The minimum absolute atomic E-state index is 0.641. The number of piperidine rings is 1. The largest absolute Gasteiger partial charge is 0.490 e. The van der Waals surface area contributed by atoms with Crippen molar-refractivity contribution in [1.82, 2.24) is 9.97 Å². The minimum atomic E-state index is 0.641. The van der Waals surface area contributed by atoms with E-state index in [2.05, 4.69) is 20.2 Å². The van der Waals surface area contributed by atoms with E-state index in [-0.39, 0.29) is 0 Å². The quantitative estimate of drug-likeness (QED) is 0.905. The molecule has 2 unspecified atom stereocenters. The second-order valence-corrected chi connectivity index (χ2v) is 5.42. The summed E-state index contributed by atoms with van der Waals surface area (Å²) in [4.78, 5) is 11.2. The van der Waals surface area contributed by atoms with Crippen molar-refractivity contribution in [2.45, 2.75) is 38.1 Å². The first-order valence-corrected chi connectivity index (χ1v) is 7.18. The van der Waals surface area contributed by atoms with E-state index in [0.717, 1.165) is 29.8 Å². The van der Waals surface area contributed by atoms with Gasteiger partial charge in [0.05, 0.1) is 7.11 Å². The first-order valence-electron chi connectivity index (χ1n) is 7.18. The van der Waals surface area contributed by atoms with Gasteiger partial charge >= 0.3 is 0 Å². The number of hydrogen-bond acceptors (Lipinski definition) is 5. The van der Waals surface area contributed by atoms with E-state index in [4.69, 9.17) is 4.74 Å². The fraction of sp³-hybridized carbons (Fsp3) is 0.714. The third kappa shape index (κ3) is 2.11. The molecule has 5 nitrogen and oxygen atoms in total. The number of rotatable bonds is 3. The van der Waals surface area contributed by atoms with Crippen LogP contribution in [0.3, 0.4) is 0 Å². The molecule has 104 valence electrons. The zero-order valence-electron chi connectivity index (χ0n) is 11.7. The van der Waals surface area contributed by atoms with Crippen LogP contribution in [0.5, 0.6) is 5.75 Å². The molecule has 2 fully saturated rings. The van der Waals surface area contributed by atoms with Crippen molar-refractivity contribution in [2.75, 3.05) is 30.9 Å². The van der Waals surface area contributed by atoms with Crippen LogP contribution in [0.2, 0.25) is 0 Å². The Balaban J connectivity index is 1.96. The van der Waals surface area contributed by atoms with Gasteiger partial charge in [-0.1, -0.05) is 6.42 Å². The zero-order chi connectivity index (χ0) is 13.2. The molecule has 1 aliphatic carbocycles. The van der Waals surface area contributed by atoms with E-state index in [1.165, 1.54) is 32.1 Å². The van der Waals surface area contributed by atoms with Crippen molar-refractivity contribution in [2.24, 2.45) is 5.92 Å². The lowest BCUT2D eigenvalue weighted by Crippen LogP contribution is -2.43. The Morgan fingerprint density at radius 3 is 2.89 bits per heavy atom. The third-order valence-electron chi connectivity index (χ3n) is 4.49. The summed E-state index contributed by atoms with van der Waals surface area (Å²) >= 11 is 0. The molecule has 1 aliphatic heterocycles. The molecular weight excluding hydrogens is 240 g/mol. The van der Waals surface area contributed by atoms with Gasteiger partial charge in [-0.2, -0.15) is 0 Å². The number of nitrogens with zero attached hydrogens (tertiary/aromatic N) is 3. The van der Waals surface area contributed by atoms with Crippen LogP contribution in [0.25, 0.3) is 0 Å². The maximum atomic E-state index is 5.54. The molecule has 5 heteroatoms. The van der Waals surface area contributed by atoms with Crippen LogP contribution in [-0.4, -0.2) is 36.7 Å². The number of hydrogen-bond donors (Lipinski definition) is 1. The van der Waals surface area contributed by atoms with Gasteiger partial charge in [-0.3, -0.25) is 0 Å². The number of nitrogens with one attached hydrogen (secondary N) is 1. The van der Waals surface area contributed by atoms with Gasteiger partial charge in [0.25, 0.3) is 0 Å². The molecule has 2 aliphatic rings. The fourth-order valence-corrected chi connectivity index (χ4v) is 3.65. The molecule has 0 aromatic carbocycles. The molecule has 0 amide bonds. The zero-order valence-corrected chi connectivity index (χ0v) is 11.7. The lowest BCUT2D eigenvalue weighted by Gasteiger charge is -2.39. The summed E-state index contributed by atoms with van der Waals surface area (Å²) in [5, 5.41) is 3.08. The van der Waals surface area contributed by atoms with Gasteiger partial charge in [0, 0.05) is 19.6 Å². The molecule has 1 saturated heterocycles. The fourth-order valence-electron chi connectivity index (χ4n) is 3.65. The van der Waals surface area contributed by atoms with Crippen molar-refractivity contribution in [3.05, 3.63) is 6.33 Å². The first-order chi connectivity index (χ1) is 9.35. The number of fused-ring (bicyclic) bond motifs is 1. The predicted molar refractivity (Wildman–Crippen MR) is 75.8 cm³/mol. The van der Waals surface area contributed by atoms with Gasteiger partial charge in [0.2, 0.25) is 5.75 Å². The van der Waals surface area contributed by atoms with Crippen molar-refractivity contribution >= 4 is 11.6 Å². The van der Waals surface area contributed by atoms with Crippen LogP contribution in [0.15, 0.2) is 6.33 Å². The molecule has 0 bridgehead atoms. The molecular formula is C14H22N4O. The monoisotopic (exact) mass is 262 g/mol. The van der Waals surface area contributed by atoms with E-state index in [0.29, 0.717) is 6.04 Å². The summed E-state index contributed by atoms with van der Waals surface area (Å²) in [5.74, 6) is 3.34. The molecule has 2 atom stereocenters. The standard InChI is InChI=1S/C14H22N4O/c1-15-13-12(19-2)14(17-9-16-13)18-8-4-6-10-5-3-7-11(10)18/h9-11H,3-8H2,1-2H3,(H,15,16,17). The predicted octanol–water partition coefficient (Wildman–Crippen LogP) is 2.30. The maximum Gasteiger partial charge on any atom is 0.204 e. The van der Waals surface area contributed by atoms with Crippen molar-refractivity contribution in [3.8, 4) is 5.75 Å². The number of anilines is 2. The van der Waals surface area contributed by atoms with Crippen LogP contribution >= 0.6 is 0 Å². The topological polar surface area (TPSA) is 50.3 Å². The SMILES string of the molecule is CNc1ncnc(N2CCCC3CCCC32)c1OC. The normalized spacial score (nSPS) is 26.1. The van der Waals surface area contributed by atoms with E-state index >= 15 is 0 Å². The molecule has 0 spiro atoms. The Morgan fingerprint density at radius 1 is 1.26 bits per heavy atom. The lowest BCUT2D eigenvalue weighted by atomic mass is 9.92. The molecule has 0 radical (unpaired) electrons. The molecule has 1 saturated carbocycles. The number of ether oxygens (including phenoxy) is 1. The molecule has 19 heavy (non-hydrogen) atoms. The summed E-state index contributed by atoms with van der Waals surface area (Å²) in [6, 6.07) is 0.641. The van der Waals surface area contributed by atoms with E-state index < -0.39 is 0 Å². The van der Waals surface area contributed by atoms with Crippen LogP contribution in [-0.2, 0) is 0 Å². The highest BCUT2D eigenvalue weighted by atomic mass is 16.5. The molecule has 2 heterocycles. The maximum absolute atomic E-state index is 5.54. The van der Waals surface area contributed by atoms with Crippen LogP contribution in [0.1, 0.15) is 32.1 Å². The lowest BCUT2D eigenvalue weighted by molar-refractivity contribution is 0.352. The first kappa shape index (κ1) is 12.5. The summed E-state index contributed by atoms with van der Waals surface area (Å²) < 4.78 is 5.54. The second-order valence-electron chi connectivity index (χ2n) is 5.42. The van der Waals surface area contributed by atoms with E-state index in [9.17, 15) is 0 Å². The smallest absolute Gasteiger partial charge is 0.204 e. The van der Waals surface area contributed by atoms with Crippen molar-refractivity contribution in [3.63, 3.8) is 0 Å². The van der Waals surface area contributed by atoms with Gasteiger partial charge in [-0.15, -0.1) is 0 Å². The molecule has 1 aromatic rings. The van der Waals surface area contributed by atoms with E-state index in [1.807, 2.05) is 7.05 Å². The highest BCUT2D eigenvalue weighted by molar-refractivity contribution is 5.65. The van der Waals surface area contributed by atoms with E-state index in [1.54, 1.807) is 13.4 Å². The van der Waals surface area contributed by atoms with Crippen LogP contribution < -0.4 is 15.0 Å². The number of methoxy groups -OCH3 is 1. The van der Waals surface area contributed by atoms with Crippen molar-refractivity contribution in [1.29, 1.82) is 0 Å². The summed E-state index contributed by atoms with van der Waals surface area (Å²) in [7, 11) is 3.56. The Hall–Kier alpha value is -1.52. The van der Waals surface area contributed by atoms with Gasteiger partial charge in [0.15, 0.2) is 11.6 Å². The Labute approximate surface area is 114 Å². The van der Waals surface area contributed by atoms with Gasteiger partial charge in [-0.25, -0.2) is 9.97 Å². The second kappa shape index (κ2) is 5.23.